The molecule has 23 heavy (non-hydrogen) atoms. The summed E-state index contributed by atoms with van der Waals surface area (Å²) in [6, 6.07) is 14.4. The van der Waals surface area contributed by atoms with Gasteiger partial charge in [-0.3, -0.25) is 0 Å². The minimum atomic E-state index is 0.473. The zero-order valence-corrected chi connectivity index (χ0v) is 16.4. The van der Waals surface area contributed by atoms with Crippen LogP contribution in [0.5, 0.6) is 0 Å². The molecular weight excluding hydrogens is 442 g/mol. The summed E-state index contributed by atoms with van der Waals surface area (Å²) in [6.07, 6.45) is 0.666. The van der Waals surface area contributed by atoms with Gasteiger partial charge in [-0.25, -0.2) is 4.98 Å². The molecule has 118 valence electrons. The van der Waals surface area contributed by atoms with Crippen LogP contribution in [0, 0.1) is 3.57 Å². The molecule has 0 bridgehead atoms. The van der Waals surface area contributed by atoms with Crippen LogP contribution in [0.15, 0.2) is 42.5 Å². The summed E-state index contributed by atoms with van der Waals surface area (Å²) in [5.41, 5.74) is 4.02. The van der Waals surface area contributed by atoms with Gasteiger partial charge in [-0.2, -0.15) is 0 Å². The van der Waals surface area contributed by atoms with E-state index in [-0.39, 0.29) is 0 Å². The Kier molecular flexibility index (Phi) is 4.99. The topological polar surface area (TPSA) is 16.1 Å². The lowest BCUT2D eigenvalue weighted by atomic mass is 10.0. The molecule has 0 unspecified atom stereocenters. The van der Waals surface area contributed by atoms with E-state index in [1.54, 1.807) is 0 Å². The highest BCUT2D eigenvalue weighted by Crippen LogP contribution is 2.33. The molecule has 1 heterocycles. The third-order valence-electron chi connectivity index (χ3n) is 3.76. The highest BCUT2D eigenvalue weighted by atomic mass is 127. The second kappa shape index (κ2) is 6.83. The van der Waals surface area contributed by atoms with Gasteiger partial charge in [0.05, 0.1) is 10.5 Å². The first-order valence-corrected chi connectivity index (χ1v) is 8.98. The molecule has 0 saturated heterocycles. The Balaban J connectivity index is 2.02. The van der Waals surface area contributed by atoms with Crippen LogP contribution in [0.2, 0.25) is 10.2 Å². The number of hydrogen-bond donors (Lipinski definition) is 0. The molecule has 0 radical (unpaired) electrons. The quantitative estimate of drug-likeness (QED) is 0.365. The third kappa shape index (κ3) is 3.57. The number of anilines is 1. The SMILES string of the molecule is CN(C)c1ccc(Cc2c(Cl)nc3ccc(I)cc3c2Cl)cc1. The lowest BCUT2D eigenvalue weighted by Gasteiger charge is -2.14. The van der Waals surface area contributed by atoms with E-state index in [0.717, 1.165) is 31.3 Å². The first-order valence-electron chi connectivity index (χ1n) is 7.15. The van der Waals surface area contributed by atoms with Crippen LogP contribution in [0.25, 0.3) is 10.9 Å². The Morgan fingerprint density at radius 2 is 1.74 bits per heavy atom. The van der Waals surface area contributed by atoms with Crippen molar-refractivity contribution in [2.75, 3.05) is 19.0 Å². The zero-order valence-electron chi connectivity index (χ0n) is 12.8. The summed E-state index contributed by atoms with van der Waals surface area (Å²) in [6.45, 7) is 0. The van der Waals surface area contributed by atoms with Crippen molar-refractivity contribution in [2.45, 2.75) is 6.42 Å². The largest absolute Gasteiger partial charge is 0.378 e. The van der Waals surface area contributed by atoms with Gasteiger partial charge in [-0.05, 0) is 58.5 Å². The van der Waals surface area contributed by atoms with E-state index in [0.29, 0.717) is 16.6 Å². The Bertz CT molecular complexity index is 861. The van der Waals surface area contributed by atoms with Gasteiger partial charge in [0.1, 0.15) is 5.15 Å². The number of pyridine rings is 1. The number of aromatic nitrogens is 1. The molecule has 0 N–H and O–H groups in total. The number of fused-ring (bicyclic) bond motifs is 1. The number of halogens is 3. The van der Waals surface area contributed by atoms with E-state index in [2.05, 4.69) is 56.7 Å². The molecule has 0 saturated carbocycles. The van der Waals surface area contributed by atoms with Gasteiger partial charge < -0.3 is 4.90 Å². The Morgan fingerprint density at radius 1 is 1.04 bits per heavy atom. The van der Waals surface area contributed by atoms with E-state index in [1.807, 2.05) is 32.3 Å². The third-order valence-corrected chi connectivity index (χ3v) is 5.18. The van der Waals surface area contributed by atoms with Gasteiger partial charge in [-0.15, -0.1) is 0 Å². The molecule has 0 aliphatic carbocycles. The smallest absolute Gasteiger partial charge is 0.134 e. The molecule has 0 amide bonds. The first-order chi connectivity index (χ1) is 11.0. The van der Waals surface area contributed by atoms with Crippen LogP contribution in [-0.2, 0) is 6.42 Å². The second-order valence-corrected chi connectivity index (χ2v) is 7.58. The number of benzene rings is 2. The van der Waals surface area contributed by atoms with Crippen molar-refractivity contribution in [3.63, 3.8) is 0 Å². The minimum absolute atomic E-state index is 0.473. The number of hydrogen-bond acceptors (Lipinski definition) is 2. The normalized spacial score (nSPS) is 11.0. The fourth-order valence-electron chi connectivity index (χ4n) is 2.47. The molecule has 0 spiro atoms. The van der Waals surface area contributed by atoms with Crippen LogP contribution in [-0.4, -0.2) is 19.1 Å². The second-order valence-electron chi connectivity index (χ2n) is 5.59. The maximum Gasteiger partial charge on any atom is 0.134 e. The molecule has 0 atom stereocenters. The molecule has 0 aliphatic heterocycles. The minimum Gasteiger partial charge on any atom is -0.378 e. The van der Waals surface area contributed by atoms with Gasteiger partial charge in [0.25, 0.3) is 0 Å². The molecule has 0 aliphatic rings. The predicted molar refractivity (Wildman–Crippen MR) is 108 cm³/mol. The summed E-state index contributed by atoms with van der Waals surface area (Å²) in [5, 5.41) is 2.11. The fourth-order valence-corrected chi connectivity index (χ4v) is 3.57. The van der Waals surface area contributed by atoms with Crippen molar-refractivity contribution >= 4 is 62.4 Å². The highest BCUT2D eigenvalue weighted by molar-refractivity contribution is 14.1. The predicted octanol–water partition coefficient (Wildman–Crippen LogP) is 5.80. The molecule has 2 aromatic carbocycles. The van der Waals surface area contributed by atoms with E-state index in [4.69, 9.17) is 23.2 Å². The van der Waals surface area contributed by atoms with Crippen molar-refractivity contribution in [2.24, 2.45) is 0 Å². The summed E-state index contributed by atoms with van der Waals surface area (Å²) in [7, 11) is 4.05. The van der Waals surface area contributed by atoms with Crippen molar-refractivity contribution in [3.05, 3.63) is 67.3 Å². The van der Waals surface area contributed by atoms with Gasteiger partial charge >= 0.3 is 0 Å². The first kappa shape index (κ1) is 16.8. The Labute approximate surface area is 159 Å². The molecule has 1 aromatic heterocycles. The molecule has 3 rings (SSSR count). The summed E-state index contributed by atoms with van der Waals surface area (Å²) in [4.78, 5) is 6.56. The average Bonchev–Trinajstić information content (AvgIpc) is 2.53. The van der Waals surface area contributed by atoms with Crippen LogP contribution in [0.1, 0.15) is 11.1 Å². The maximum atomic E-state index is 6.61. The van der Waals surface area contributed by atoms with Crippen LogP contribution >= 0.6 is 45.8 Å². The molecule has 5 heteroatoms. The van der Waals surface area contributed by atoms with Gasteiger partial charge in [0.2, 0.25) is 0 Å². The summed E-state index contributed by atoms with van der Waals surface area (Å²) >= 11 is 15.3. The Morgan fingerprint density at radius 3 is 2.39 bits per heavy atom. The molecule has 0 fully saturated rings. The van der Waals surface area contributed by atoms with Crippen LogP contribution in [0.3, 0.4) is 0 Å². The molecule has 2 nitrogen and oxygen atoms in total. The van der Waals surface area contributed by atoms with E-state index >= 15 is 0 Å². The fraction of sp³-hybridized carbons (Fsp3) is 0.167. The van der Waals surface area contributed by atoms with Crippen molar-refractivity contribution in [1.82, 2.24) is 4.98 Å². The lowest BCUT2D eigenvalue weighted by molar-refractivity contribution is 1.12. The summed E-state index contributed by atoms with van der Waals surface area (Å²) in [5.74, 6) is 0. The Hall–Kier alpha value is -1.04. The van der Waals surface area contributed by atoms with E-state index in [9.17, 15) is 0 Å². The van der Waals surface area contributed by atoms with Gasteiger partial charge in [0, 0.05) is 40.7 Å². The molecular formula is C18H15Cl2IN2. The average molecular weight is 457 g/mol. The van der Waals surface area contributed by atoms with Gasteiger partial charge in [-0.1, -0.05) is 35.3 Å². The number of rotatable bonds is 3. The van der Waals surface area contributed by atoms with E-state index in [1.165, 1.54) is 0 Å². The molecule has 3 aromatic rings. The lowest BCUT2D eigenvalue weighted by Crippen LogP contribution is -2.08. The highest BCUT2D eigenvalue weighted by Gasteiger charge is 2.13. The number of nitrogens with zero attached hydrogens (tertiary/aromatic N) is 2. The van der Waals surface area contributed by atoms with Crippen molar-refractivity contribution in [3.8, 4) is 0 Å². The van der Waals surface area contributed by atoms with Crippen LogP contribution in [0.4, 0.5) is 5.69 Å². The zero-order chi connectivity index (χ0) is 16.6. The van der Waals surface area contributed by atoms with Crippen LogP contribution < -0.4 is 4.90 Å². The monoisotopic (exact) mass is 456 g/mol. The van der Waals surface area contributed by atoms with Gasteiger partial charge in [0.15, 0.2) is 0 Å². The van der Waals surface area contributed by atoms with Crippen molar-refractivity contribution < 1.29 is 0 Å². The van der Waals surface area contributed by atoms with Crippen molar-refractivity contribution in [1.29, 1.82) is 0 Å². The summed E-state index contributed by atoms with van der Waals surface area (Å²) < 4.78 is 1.13. The maximum absolute atomic E-state index is 6.61. The standard InChI is InChI=1S/C18H15Cl2IN2/c1-23(2)13-6-3-11(4-7-13)9-15-17(19)14-10-12(21)5-8-16(14)22-18(15)20/h3-8,10H,9H2,1-2H3. The van der Waals surface area contributed by atoms with E-state index < -0.39 is 0 Å².